The van der Waals surface area contributed by atoms with Crippen molar-refractivity contribution in [2.24, 2.45) is 5.92 Å². The summed E-state index contributed by atoms with van der Waals surface area (Å²) in [6, 6.07) is 0.594. The molecule has 2 fully saturated rings. The van der Waals surface area contributed by atoms with E-state index < -0.39 is 5.97 Å². The van der Waals surface area contributed by atoms with E-state index in [0.29, 0.717) is 10.9 Å². The van der Waals surface area contributed by atoms with Gasteiger partial charge in [-0.05, 0) is 43.9 Å². The van der Waals surface area contributed by atoms with Gasteiger partial charge in [0, 0.05) is 12.6 Å². The number of piperidine rings is 1. The molecule has 21 heavy (non-hydrogen) atoms. The number of nitrogens with zero attached hydrogens (tertiary/aromatic N) is 2. The van der Waals surface area contributed by atoms with Gasteiger partial charge < -0.3 is 10.0 Å². The lowest BCUT2D eigenvalue weighted by atomic mass is 9.92. The molecule has 2 aliphatic rings. The van der Waals surface area contributed by atoms with Gasteiger partial charge in [-0.15, -0.1) is 0 Å². The van der Waals surface area contributed by atoms with Crippen LogP contribution >= 0.6 is 11.3 Å². The quantitative estimate of drug-likeness (QED) is 0.909. The molecule has 3 unspecified atom stereocenters. The van der Waals surface area contributed by atoms with Crippen molar-refractivity contribution in [3.63, 3.8) is 0 Å². The zero-order valence-electron chi connectivity index (χ0n) is 12.8. The number of rotatable bonds is 4. The van der Waals surface area contributed by atoms with Crippen LogP contribution in [0.5, 0.6) is 0 Å². The van der Waals surface area contributed by atoms with E-state index >= 15 is 0 Å². The molecule has 0 bridgehead atoms. The lowest BCUT2D eigenvalue weighted by Crippen LogP contribution is -2.42. The van der Waals surface area contributed by atoms with Crippen LogP contribution in [0.4, 0.5) is 5.13 Å². The Labute approximate surface area is 130 Å². The highest BCUT2D eigenvalue weighted by atomic mass is 32.1. The molecule has 1 aliphatic heterocycles. The summed E-state index contributed by atoms with van der Waals surface area (Å²) in [5.74, 6) is 0.183. The SMILES string of the molecule is CCC(C)c1nc(N2CCCC3CCCC32)sc1C(=O)O. The molecule has 0 radical (unpaired) electrons. The maximum Gasteiger partial charge on any atom is 0.347 e. The van der Waals surface area contributed by atoms with Crippen molar-refractivity contribution < 1.29 is 9.90 Å². The van der Waals surface area contributed by atoms with Crippen LogP contribution in [-0.4, -0.2) is 28.6 Å². The third-order valence-corrected chi connectivity index (χ3v) is 6.25. The molecule has 1 saturated carbocycles. The highest BCUT2D eigenvalue weighted by Crippen LogP contribution is 2.41. The molecule has 0 amide bonds. The molecule has 1 N–H and O–H groups in total. The van der Waals surface area contributed by atoms with Gasteiger partial charge in [-0.25, -0.2) is 9.78 Å². The fourth-order valence-electron chi connectivity index (χ4n) is 3.82. The molecule has 0 aromatic carbocycles. The number of carbonyl (C=O) groups is 1. The first-order valence-corrected chi connectivity index (χ1v) is 8.94. The van der Waals surface area contributed by atoms with Gasteiger partial charge in [0.1, 0.15) is 4.88 Å². The molecule has 1 aliphatic carbocycles. The van der Waals surface area contributed by atoms with Crippen molar-refractivity contribution >= 4 is 22.4 Å². The first-order chi connectivity index (χ1) is 10.1. The van der Waals surface area contributed by atoms with Crippen LogP contribution in [0, 0.1) is 5.92 Å². The van der Waals surface area contributed by atoms with Crippen molar-refractivity contribution in [1.29, 1.82) is 0 Å². The first kappa shape index (κ1) is 14.8. The topological polar surface area (TPSA) is 53.4 Å². The molecule has 3 rings (SSSR count). The average Bonchev–Trinajstić information content (AvgIpc) is 3.12. The Morgan fingerprint density at radius 1 is 1.43 bits per heavy atom. The van der Waals surface area contributed by atoms with Crippen LogP contribution in [0.2, 0.25) is 0 Å². The number of fused-ring (bicyclic) bond motifs is 1. The number of aromatic nitrogens is 1. The Bertz CT molecular complexity index is 528. The summed E-state index contributed by atoms with van der Waals surface area (Å²) in [6.45, 7) is 5.19. The van der Waals surface area contributed by atoms with E-state index in [2.05, 4.69) is 18.7 Å². The predicted molar refractivity (Wildman–Crippen MR) is 85.5 cm³/mol. The maximum atomic E-state index is 11.5. The van der Waals surface area contributed by atoms with Crippen molar-refractivity contribution in [1.82, 2.24) is 4.98 Å². The zero-order valence-corrected chi connectivity index (χ0v) is 13.7. The molecular formula is C16H24N2O2S. The standard InChI is InChI=1S/C16H24N2O2S/c1-3-10(2)13-14(15(19)20)21-16(17-13)18-9-5-7-11-6-4-8-12(11)18/h10-12H,3-9H2,1-2H3,(H,19,20). The molecule has 116 valence electrons. The summed E-state index contributed by atoms with van der Waals surface area (Å²) in [7, 11) is 0. The second kappa shape index (κ2) is 5.95. The van der Waals surface area contributed by atoms with Crippen molar-refractivity contribution in [2.75, 3.05) is 11.4 Å². The van der Waals surface area contributed by atoms with E-state index in [9.17, 15) is 9.90 Å². The molecule has 4 nitrogen and oxygen atoms in total. The van der Waals surface area contributed by atoms with Crippen molar-refractivity contribution in [2.45, 2.75) is 64.3 Å². The monoisotopic (exact) mass is 308 g/mol. The highest BCUT2D eigenvalue weighted by Gasteiger charge is 2.37. The predicted octanol–water partition coefficient (Wildman–Crippen LogP) is 4.12. The minimum Gasteiger partial charge on any atom is -0.477 e. The molecule has 0 spiro atoms. The fraction of sp³-hybridized carbons (Fsp3) is 0.750. The van der Waals surface area contributed by atoms with Gasteiger partial charge in [0.25, 0.3) is 0 Å². The maximum absolute atomic E-state index is 11.5. The Kier molecular flexibility index (Phi) is 4.20. The Morgan fingerprint density at radius 3 is 2.90 bits per heavy atom. The van der Waals surface area contributed by atoms with E-state index in [1.165, 1.54) is 43.4 Å². The summed E-state index contributed by atoms with van der Waals surface area (Å²) >= 11 is 1.38. The second-order valence-corrected chi connectivity index (χ2v) is 7.40. The number of carboxylic acid groups (broad SMARTS) is 1. The molecule has 2 heterocycles. The molecule has 1 aromatic rings. The van der Waals surface area contributed by atoms with Gasteiger partial charge >= 0.3 is 5.97 Å². The van der Waals surface area contributed by atoms with E-state index in [1.807, 2.05) is 0 Å². The Morgan fingerprint density at radius 2 is 2.19 bits per heavy atom. The summed E-state index contributed by atoms with van der Waals surface area (Å²) < 4.78 is 0. The Balaban J connectivity index is 1.93. The molecule has 3 atom stereocenters. The van der Waals surface area contributed by atoms with Crippen LogP contribution in [0.15, 0.2) is 0 Å². The lowest BCUT2D eigenvalue weighted by molar-refractivity contribution is 0.0700. The van der Waals surface area contributed by atoms with E-state index in [-0.39, 0.29) is 5.92 Å². The van der Waals surface area contributed by atoms with E-state index in [4.69, 9.17) is 4.98 Å². The van der Waals surface area contributed by atoms with Gasteiger partial charge in [0.05, 0.1) is 5.69 Å². The summed E-state index contributed by atoms with van der Waals surface area (Å²) in [5.41, 5.74) is 0.783. The van der Waals surface area contributed by atoms with Gasteiger partial charge in [-0.3, -0.25) is 0 Å². The van der Waals surface area contributed by atoms with Gasteiger partial charge in [0.2, 0.25) is 0 Å². The van der Waals surface area contributed by atoms with Crippen molar-refractivity contribution in [3.8, 4) is 0 Å². The summed E-state index contributed by atoms with van der Waals surface area (Å²) in [6.07, 6.45) is 7.34. The van der Waals surface area contributed by atoms with E-state index in [1.54, 1.807) is 0 Å². The summed E-state index contributed by atoms with van der Waals surface area (Å²) in [4.78, 5) is 19.1. The number of carboxylic acids is 1. The van der Waals surface area contributed by atoms with Crippen LogP contribution < -0.4 is 4.90 Å². The average molecular weight is 308 g/mol. The van der Waals surface area contributed by atoms with Crippen LogP contribution in [-0.2, 0) is 0 Å². The van der Waals surface area contributed by atoms with Gasteiger partial charge in [-0.1, -0.05) is 31.6 Å². The number of thiazole rings is 1. The summed E-state index contributed by atoms with van der Waals surface area (Å²) in [5, 5.41) is 10.4. The lowest BCUT2D eigenvalue weighted by Gasteiger charge is -2.37. The normalized spacial score (nSPS) is 26.7. The van der Waals surface area contributed by atoms with Crippen molar-refractivity contribution in [3.05, 3.63) is 10.6 Å². The van der Waals surface area contributed by atoms with Crippen LogP contribution in [0.3, 0.4) is 0 Å². The highest BCUT2D eigenvalue weighted by molar-refractivity contribution is 7.17. The van der Waals surface area contributed by atoms with E-state index in [0.717, 1.165) is 29.7 Å². The largest absolute Gasteiger partial charge is 0.477 e. The number of hydrogen-bond acceptors (Lipinski definition) is 4. The fourth-order valence-corrected chi connectivity index (χ4v) is 4.92. The van der Waals surface area contributed by atoms with Crippen LogP contribution in [0.25, 0.3) is 0 Å². The zero-order chi connectivity index (χ0) is 15.0. The third kappa shape index (κ3) is 2.68. The molecule has 1 aromatic heterocycles. The molecular weight excluding hydrogens is 284 g/mol. The first-order valence-electron chi connectivity index (χ1n) is 8.12. The number of hydrogen-bond donors (Lipinski definition) is 1. The second-order valence-electron chi connectivity index (χ2n) is 6.42. The minimum absolute atomic E-state index is 0.213. The minimum atomic E-state index is -0.825. The Hall–Kier alpha value is -1.10. The van der Waals surface area contributed by atoms with Gasteiger partial charge in [-0.2, -0.15) is 0 Å². The smallest absolute Gasteiger partial charge is 0.347 e. The molecule has 5 heteroatoms. The van der Waals surface area contributed by atoms with Gasteiger partial charge in [0.15, 0.2) is 5.13 Å². The molecule has 1 saturated heterocycles. The van der Waals surface area contributed by atoms with Crippen LogP contribution in [0.1, 0.15) is 73.7 Å². The third-order valence-electron chi connectivity index (χ3n) is 5.15. The number of anilines is 1. The number of aromatic carboxylic acids is 1.